The van der Waals surface area contributed by atoms with Crippen molar-refractivity contribution in [3.8, 4) is 0 Å². The van der Waals surface area contributed by atoms with Gasteiger partial charge in [-0.25, -0.2) is 4.39 Å². The first-order valence-electron chi connectivity index (χ1n) is 6.27. The van der Waals surface area contributed by atoms with E-state index in [9.17, 15) is 4.39 Å². The van der Waals surface area contributed by atoms with Crippen LogP contribution >= 0.6 is 11.6 Å². The van der Waals surface area contributed by atoms with Crippen LogP contribution in [0.1, 0.15) is 16.7 Å². The van der Waals surface area contributed by atoms with Crippen molar-refractivity contribution in [3.05, 3.63) is 63.9 Å². The first kappa shape index (κ1) is 15.1. The summed E-state index contributed by atoms with van der Waals surface area (Å²) in [6.45, 7) is 2.24. The topological polar surface area (TPSA) is 70.6 Å². The average Bonchev–Trinajstić information content (AvgIpc) is 2.48. The fraction of sp³-hybridized carbons (Fsp3) is 0.133. The third kappa shape index (κ3) is 3.64. The lowest BCUT2D eigenvalue weighted by atomic mass is 10.1. The van der Waals surface area contributed by atoms with Crippen LogP contribution in [0.25, 0.3) is 0 Å². The highest BCUT2D eigenvalue weighted by molar-refractivity contribution is 6.33. The first-order chi connectivity index (χ1) is 10.0. The van der Waals surface area contributed by atoms with E-state index in [1.165, 1.54) is 6.07 Å². The highest BCUT2D eigenvalue weighted by atomic mass is 35.5. The number of benzene rings is 2. The number of hydrogen-bond acceptors (Lipinski definition) is 3. The van der Waals surface area contributed by atoms with Crippen molar-refractivity contribution in [1.29, 1.82) is 0 Å². The highest BCUT2D eigenvalue weighted by Gasteiger charge is 2.07. The molecule has 0 heterocycles. The minimum atomic E-state index is -0.435. The van der Waals surface area contributed by atoms with Gasteiger partial charge in [-0.1, -0.05) is 35.0 Å². The van der Waals surface area contributed by atoms with Crippen LogP contribution in [-0.4, -0.2) is 11.0 Å². The molecule has 0 radical (unpaired) electrons. The smallest absolute Gasteiger partial charge is 0.170 e. The van der Waals surface area contributed by atoms with Gasteiger partial charge in [0, 0.05) is 17.7 Å². The number of hydrogen-bond donors (Lipinski definition) is 3. The molecule has 21 heavy (non-hydrogen) atoms. The lowest BCUT2D eigenvalue weighted by molar-refractivity contribution is 0.318. The fourth-order valence-corrected chi connectivity index (χ4v) is 2.06. The van der Waals surface area contributed by atoms with E-state index in [0.29, 0.717) is 16.1 Å². The zero-order valence-corrected chi connectivity index (χ0v) is 12.2. The van der Waals surface area contributed by atoms with Gasteiger partial charge in [-0.2, -0.15) is 0 Å². The van der Waals surface area contributed by atoms with Crippen LogP contribution in [0, 0.1) is 12.7 Å². The standard InChI is InChI=1S/C15H15ClFN3O/c1-9-2-5-12(16)14(6-9)19-8-11-4-3-10(7-13(11)17)15(18)20-21/h2-7,19,21H,8H2,1H3,(H2,18,20). The molecule has 110 valence electrons. The molecule has 0 amide bonds. The van der Waals surface area contributed by atoms with Gasteiger partial charge >= 0.3 is 0 Å². The summed E-state index contributed by atoms with van der Waals surface area (Å²) in [6, 6.07) is 9.98. The van der Waals surface area contributed by atoms with E-state index in [0.717, 1.165) is 11.3 Å². The Morgan fingerprint density at radius 2 is 2.10 bits per heavy atom. The molecule has 0 bridgehead atoms. The van der Waals surface area contributed by atoms with Crippen molar-refractivity contribution in [1.82, 2.24) is 0 Å². The Morgan fingerprint density at radius 1 is 1.33 bits per heavy atom. The van der Waals surface area contributed by atoms with Gasteiger partial charge in [0.25, 0.3) is 0 Å². The van der Waals surface area contributed by atoms with Gasteiger partial charge in [-0.3, -0.25) is 0 Å². The van der Waals surface area contributed by atoms with Crippen LogP contribution in [0.2, 0.25) is 5.02 Å². The summed E-state index contributed by atoms with van der Waals surface area (Å²) < 4.78 is 14.0. The van der Waals surface area contributed by atoms with Crippen molar-refractivity contribution in [3.63, 3.8) is 0 Å². The van der Waals surface area contributed by atoms with Gasteiger partial charge in [0.15, 0.2) is 5.84 Å². The van der Waals surface area contributed by atoms with Crippen molar-refractivity contribution < 1.29 is 9.60 Å². The molecular weight excluding hydrogens is 293 g/mol. The maximum atomic E-state index is 14.0. The number of amidine groups is 1. The fourth-order valence-electron chi connectivity index (χ4n) is 1.87. The maximum Gasteiger partial charge on any atom is 0.170 e. The summed E-state index contributed by atoms with van der Waals surface area (Å²) in [5.41, 5.74) is 8.01. The summed E-state index contributed by atoms with van der Waals surface area (Å²) in [5.74, 6) is -0.564. The molecule has 0 saturated carbocycles. The number of oxime groups is 1. The Bertz CT molecular complexity index is 689. The lowest BCUT2D eigenvalue weighted by Gasteiger charge is -2.10. The molecule has 2 rings (SSSR count). The number of halogens is 2. The molecular formula is C15H15ClFN3O. The molecule has 0 saturated heterocycles. The predicted molar refractivity (Wildman–Crippen MR) is 82.4 cm³/mol. The zero-order chi connectivity index (χ0) is 15.4. The van der Waals surface area contributed by atoms with E-state index in [1.807, 2.05) is 19.1 Å². The zero-order valence-electron chi connectivity index (χ0n) is 11.4. The third-order valence-electron chi connectivity index (χ3n) is 3.05. The second kappa shape index (κ2) is 6.45. The largest absolute Gasteiger partial charge is 0.409 e. The Kier molecular flexibility index (Phi) is 4.65. The monoisotopic (exact) mass is 307 g/mol. The second-order valence-corrected chi connectivity index (χ2v) is 5.04. The summed E-state index contributed by atoms with van der Waals surface area (Å²) in [7, 11) is 0. The summed E-state index contributed by atoms with van der Waals surface area (Å²) in [6.07, 6.45) is 0. The predicted octanol–water partition coefficient (Wildman–Crippen LogP) is 3.49. The number of rotatable bonds is 4. The molecule has 0 aromatic heterocycles. The van der Waals surface area contributed by atoms with E-state index in [1.54, 1.807) is 18.2 Å². The van der Waals surface area contributed by atoms with Gasteiger partial charge in [-0.15, -0.1) is 0 Å². The van der Waals surface area contributed by atoms with E-state index >= 15 is 0 Å². The Hall–Kier alpha value is -2.27. The normalized spacial score (nSPS) is 11.5. The van der Waals surface area contributed by atoms with Crippen LogP contribution in [0.3, 0.4) is 0 Å². The molecule has 0 fully saturated rings. The summed E-state index contributed by atoms with van der Waals surface area (Å²) in [4.78, 5) is 0. The summed E-state index contributed by atoms with van der Waals surface area (Å²) in [5, 5.41) is 15.1. The van der Waals surface area contributed by atoms with Crippen LogP contribution in [-0.2, 0) is 6.54 Å². The molecule has 2 aromatic carbocycles. The molecule has 0 aliphatic heterocycles. The van der Waals surface area contributed by atoms with Crippen molar-refractivity contribution >= 4 is 23.1 Å². The molecule has 6 heteroatoms. The van der Waals surface area contributed by atoms with Crippen LogP contribution < -0.4 is 11.1 Å². The molecule has 0 aliphatic rings. The Balaban J connectivity index is 2.15. The summed E-state index contributed by atoms with van der Waals surface area (Å²) >= 11 is 6.07. The van der Waals surface area contributed by atoms with Crippen LogP contribution in [0.15, 0.2) is 41.6 Å². The number of anilines is 1. The van der Waals surface area contributed by atoms with E-state index < -0.39 is 5.82 Å². The number of nitrogens with one attached hydrogen (secondary N) is 1. The van der Waals surface area contributed by atoms with Gasteiger partial charge in [0.2, 0.25) is 0 Å². The number of aryl methyl sites for hydroxylation is 1. The minimum Gasteiger partial charge on any atom is -0.409 e. The van der Waals surface area contributed by atoms with Gasteiger partial charge in [0.05, 0.1) is 10.7 Å². The maximum absolute atomic E-state index is 14.0. The van der Waals surface area contributed by atoms with Crippen LogP contribution in [0.4, 0.5) is 10.1 Å². The number of nitrogens with zero attached hydrogens (tertiary/aromatic N) is 1. The first-order valence-corrected chi connectivity index (χ1v) is 6.65. The molecule has 0 unspecified atom stereocenters. The second-order valence-electron chi connectivity index (χ2n) is 4.63. The number of nitrogens with two attached hydrogens (primary N) is 1. The molecule has 0 aliphatic carbocycles. The SMILES string of the molecule is Cc1ccc(Cl)c(NCc2ccc(/C(N)=N/O)cc2F)c1. The van der Waals surface area contributed by atoms with E-state index in [4.69, 9.17) is 22.5 Å². The van der Waals surface area contributed by atoms with Crippen molar-refractivity contribution in [2.75, 3.05) is 5.32 Å². The Morgan fingerprint density at radius 3 is 2.76 bits per heavy atom. The van der Waals surface area contributed by atoms with E-state index in [-0.39, 0.29) is 12.4 Å². The molecule has 2 aromatic rings. The van der Waals surface area contributed by atoms with Crippen molar-refractivity contribution in [2.45, 2.75) is 13.5 Å². The lowest BCUT2D eigenvalue weighted by Crippen LogP contribution is -2.14. The minimum absolute atomic E-state index is 0.130. The quantitative estimate of drug-likeness (QED) is 0.350. The van der Waals surface area contributed by atoms with Crippen LogP contribution in [0.5, 0.6) is 0 Å². The molecule has 0 spiro atoms. The molecule has 0 atom stereocenters. The molecule has 4 N–H and O–H groups in total. The van der Waals surface area contributed by atoms with Gasteiger partial charge in [-0.05, 0) is 30.7 Å². The van der Waals surface area contributed by atoms with E-state index in [2.05, 4.69) is 10.5 Å². The van der Waals surface area contributed by atoms with Crippen molar-refractivity contribution in [2.24, 2.45) is 10.9 Å². The van der Waals surface area contributed by atoms with Gasteiger partial charge in [0.1, 0.15) is 5.82 Å². The average molecular weight is 308 g/mol. The Labute approximate surface area is 127 Å². The third-order valence-corrected chi connectivity index (χ3v) is 3.38. The highest BCUT2D eigenvalue weighted by Crippen LogP contribution is 2.23. The van der Waals surface area contributed by atoms with Gasteiger partial charge < -0.3 is 16.3 Å². The molecule has 4 nitrogen and oxygen atoms in total.